The number of benzene rings is 1. The summed E-state index contributed by atoms with van der Waals surface area (Å²) < 4.78 is 42.9. The van der Waals surface area contributed by atoms with Crippen LogP contribution in [-0.2, 0) is 22.7 Å². The van der Waals surface area contributed by atoms with E-state index in [1.807, 2.05) is 25.1 Å². The first kappa shape index (κ1) is 29.1. The van der Waals surface area contributed by atoms with Gasteiger partial charge in [0.2, 0.25) is 5.95 Å². The lowest BCUT2D eigenvalue weighted by molar-refractivity contribution is 0.0636. The maximum absolute atomic E-state index is 16.7. The number of pyridine rings is 1. The fraction of sp³-hybridized carbons (Fsp3) is 0.414. The highest BCUT2D eigenvalue weighted by Gasteiger charge is 2.35. The summed E-state index contributed by atoms with van der Waals surface area (Å²) in [6.45, 7) is 6.06. The first-order chi connectivity index (χ1) is 20.4. The minimum Gasteiger partial charge on any atom is -0.444 e. The van der Waals surface area contributed by atoms with Crippen molar-refractivity contribution in [2.45, 2.75) is 51.7 Å². The van der Waals surface area contributed by atoms with Crippen LogP contribution in [0, 0.1) is 23.0 Å². The molecule has 2 aliphatic rings. The molecule has 3 aromatic heterocycles. The van der Waals surface area contributed by atoms with Gasteiger partial charge in [-0.15, -0.1) is 11.3 Å². The van der Waals surface area contributed by atoms with Crippen molar-refractivity contribution >= 4 is 49.4 Å². The smallest absolute Gasteiger partial charge is 0.412 e. The van der Waals surface area contributed by atoms with Crippen molar-refractivity contribution in [2.75, 3.05) is 37.4 Å². The van der Waals surface area contributed by atoms with E-state index in [0.717, 1.165) is 17.5 Å². The van der Waals surface area contributed by atoms with Crippen LogP contribution in [0.25, 0.3) is 32.2 Å². The largest absolute Gasteiger partial charge is 0.444 e. The van der Waals surface area contributed by atoms with Gasteiger partial charge in [-0.3, -0.25) is 10.3 Å². The summed E-state index contributed by atoms with van der Waals surface area (Å²) in [5, 5.41) is 23.8. The molecule has 5 heterocycles. The molecule has 2 aliphatic heterocycles. The maximum Gasteiger partial charge on any atom is 0.412 e. The molecule has 2 N–H and O–H groups in total. The minimum absolute atomic E-state index is 0.0205. The number of aromatic nitrogens is 3. The Morgan fingerprint density at radius 3 is 2.65 bits per heavy atom. The van der Waals surface area contributed by atoms with E-state index >= 15 is 8.78 Å². The Hall–Kier alpha value is -4.03. The second-order valence-electron chi connectivity index (χ2n) is 11.8. The van der Waals surface area contributed by atoms with Crippen LogP contribution in [0.15, 0.2) is 12.4 Å². The zero-order chi connectivity index (χ0) is 30.8. The van der Waals surface area contributed by atoms with Gasteiger partial charge in [-0.05, 0) is 46.0 Å². The first-order valence-electron chi connectivity index (χ1n) is 13.6. The quantitative estimate of drug-likeness (QED) is 0.339. The van der Waals surface area contributed by atoms with E-state index in [-0.39, 0.29) is 69.2 Å². The second kappa shape index (κ2) is 10.6. The molecule has 4 aromatic rings. The lowest BCUT2D eigenvalue weighted by Crippen LogP contribution is -2.38. The van der Waals surface area contributed by atoms with Gasteiger partial charge in [-0.2, -0.15) is 5.26 Å². The molecule has 14 heteroatoms. The van der Waals surface area contributed by atoms with E-state index < -0.39 is 29.4 Å². The van der Waals surface area contributed by atoms with Crippen LogP contribution in [0.2, 0.25) is 0 Å². The Balaban J connectivity index is 1.53. The fourth-order valence-electron chi connectivity index (χ4n) is 5.59. The normalized spacial score (nSPS) is 18.5. The van der Waals surface area contributed by atoms with E-state index in [2.05, 4.69) is 20.3 Å². The van der Waals surface area contributed by atoms with Gasteiger partial charge in [0.25, 0.3) is 0 Å². The summed E-state index contributed by atoms with van der Waals surface area (Å²) in [5.41, 5.74) is 0.402. The molecule has 43 heavy (non-hydrogen) atoms. The Morgan fingerprint density at radius 1 is 1.23 bits per heavy atom. The number of halogens is 2. The van der Waals surface area contributed by atoms with Crippen LogP contribution >= 0.6 is 11.3 Å². The molecule has 0 aliphatic carbocycles. The fourth-order valence-corrected chi connectivity index (χ4v) is 6.63. The zero-order valence-corrected chi connectivity index (χ0v) is 25.0. The predicted molar refractivity (Wildman–Crippen MR) is 157 cm³/mol. The Labute approximate surface area is 249 Å². The van der Waals surface area contributed by atoms with Crippen LogP contribution in [0.3, 0.4) is 0 Å². The molecule has 0 saturated carbocycles. The third-order valence-corrected chi connectivity index (χ3v) is 8.64. The number of rotatable bonds is 4. The predicted octanol–water partition coefficient (Wildman–Crippen LogP) is 4.54. The van der Waals surface area contributed by atoms with Gasteiger partial charge in [0, 0.05) is 35.6 Å². The van der Waals surface area contributed by atoms with Crippen molar-refractivity contribution in [1.29, 1.82) is 5.26 Å². The number of carbonyl (C=O) groups is 1. The second-order valence-corrected chi connectivity index (χ2v) is 12.8. The average Bonchev–Trinajstić information content (AvgIpc) is 3.66. The number of ether oxygens (including phenoxy) is 2. The average molecular weight is 610 g/mol. The number of β-amino-alcohol motifs (C(OH)–C–C–N with tert-alkyl or cyclic N) is 1. The van der Waals surface area contributed by atoms with Gasteiger partial charge >= 0.3 is 6.09 Å². The van der Waals surface area contributed by atoms with Crippen molar-refractivity contribution < 1.29 is 28.2 Å². The number of anilines is 2. The lowest BCUT2D eigenvalue weighted by atomic mass is 9.94. The van der Waals surface area contributed by atoms with Crippen molar-refractivity contribution in [3.8, 4) is 17.3 Å². The van der Waals surface area contributed by atoms with E-state index in [9.17, 15) is 15.2 Å². The number of aliphatic hydroxyl groups excluding tert-OH is 1. The van der Waals surface area contributed by atoms with Gasteiger partial charge in [0.1, 0.15) is 22.2 Å². The Bertz CT molecular complexity index is 1830. The number of nitrogens with one attached hydrogen (secondary N) is 1. The maximum atomic E-state index is 16.7. The van der Waals surface area contributed by atoms with E-state index in [4.69, 9.17) is 9.47 Å². The minimum atomic E-state index is -0.815. The summed E-state index contributed by atoms with van der Waals surface area (Å²) in [6, 6.07) is 1.89. The van der Waals surface area contributed by atoms with Crippen molar-refractivity contribution in [2.24, 2.45) is 0 Å². The van der Waals surface area contributed by atoms with Gasteiger partial charge in [-0.1, -0.05) is 0 Å². The number of fused-ring (bicyclic) bond motifs is 4. The van der Waals surface area contributed by atoms with Gasteiger partial charge in [0.15, 0.2) is 11.6 Å². The number of likely N-dealkylation sites (N-methyl/N-ethyl adjacent to an activating group) is 1. The van der Waals surface area contributed by atoms with Crippen LogP contribution in [0.4, 0.5) is 24.5 Å². The molecule has 0 unspecified atom stereocenters. The van der Waals surface area contributed by atoms with E-state index in [0.29, 0.717) is 23.1 Å². The number of nitriles is 1. The number of nitrogens with zero attached hydrogens (tertiary/aromatic N) is 6. The molecule has 0 bridgehead atoms. The SMILES string of the molecule is CN(C)[C@@H]1CN(c2ncc3c4c(c(-c5ncc(F)c6sc(NC(=O)OC(C)(C)C)c(C#N)c56)c(F)c3n2)COC4)C[C@H]1O. The van der Waals surface area contributed by atoms with Gasteiger partial charge in [0.05, 0.1) is 47.5 Å². The molecule has 1 aromatic carbocycles. The molecule has 11 nitrogen and oxygen atoms in total. The number of hydrogen-bond acceptors (Lipinski definition) is 11. The monoisotopic (exact) mass is 609 g/mol. The van der Waals surface area contributed by atoms with Crippen molar-refractivity contribution in [3.05, 3.63) is 40.7 Å². The lowest BCUT2D eigenvalue weighted by Gasteiger charge is -2.21. The molecule has 0 spiro atoms. The van der Waals surface area contributed by atoms with Crippen molar-refractivity contribution in [1.82, 2.24) is 19.9 Å². The van der Waals surface area contributed by atoms with Crippen LogP contribution in [0.5, 0.6) is 0 Å². The molecule has 1 amide bonds. The van der Waals surface area contributed by atoms with Crippen LogP contribution in [0.1, 0.15) is 37.5 Å². The molecule has 6 rings (SSSR count). The zero-order valence-electron chi connectivity index (χ0n) is 24.2. The molecule has 0 radical (unpaired) electrons. The number of carbonyl (C=O) groups excluding carboxylic acids is 1. The van der Waals surface area contributed by atoms with E-state index in [1.165, 1.54) is 0 Å². The summed E-state index contributed by atoms with van der Waals surface area (Å²) in [4.78, 5) is 29.6. The molecular formula is C29H29F2N7O4S. The Morgan fingerprint density at radius 2 is 1.98 bits per heavy atom. The highest BCUT2D eigenvalue weighted by Crippen LogP contribution is 2.46. The summed E-state index contributed by atoms with van der Waals surface area (Å²) in [5.74, 6) is -1.18. The Kier molecular flexibility index (Phi) is 7.16. The summed E-state index contributed by atoms with van der Waals surface area (Å²) >= 11 is 0.840. The molecule has 224 valence electrons. The van der Waals surface area contributed by atoms with Gasteiger partial charge in [-0.25, -0.2) is 23.5 Å². The molecule has 1 fully saturated rings. The summed E-state index contributed by atoms with van der Waals surface area (Å²) in [7, 11) is 3.75. The van der Waals surface area contributed by atoms with E-state index in [1.54, 1.807) is 31.9 Å². The van der Waals surface area contributed by atoms with Crippen LogP contribution in [-0.4, -0.2) is 76.0 Å². The van der Waals surface area contributed by atoms with Crippen molar-refractivity contribution in [3.63, 3.8) is 0 Å². The molecule has 2 atom stereocenters. The number of hydrogen-bond donors (Lipinski definition) is 2. The van der Waals surface area contributed by atoms with Crippen LogP contribution < -0.4 is 10.2 Å². The third kappa shape index (κ3) is 5.02. The standard InChI is InChI=1S/C29H29F2N7O4S/c1-29(2,3)42-28(40)36-26-13(6-32)21-24(33-8-17(30)25(21)43-26)20-16-12-41-11-15(16)14-7-34-27(35-23(14)22(20)31)38-9-18(37(4)5)19(39)10-38/h7-8,18-19,39H,9-12H2,1-5H3,(H,36,40)/t18-,19-/m1/s1. The molecular weight excluding hydrogens is 580 g/mol. The highest BCUT2D eigenvalue weighted by atomic mass is 32.1. The highest BCUT2D eigenvalue weighted by molar-refractivity contribution is 7.23. The topological polar surface area (TPSA) is 137 Å². The number of thiophene rings is 1. The molecule has 1 saturated heterocycles. The number of amides is 1. The third-order valence-electron chi connectivity index (χ3n) is 7.52. The summed E-state index contributed by atoms with van der Waals surface area (Å²) in [6.07, 6.45) is 1.07. The first-order valence-corrected chi connectivity index (χ1v) is 14.4. The number of aliphatic hydroxyl groups is 1. The van der Waals surface area contributed by atoms with Gasteiger partial charge < -0.3 is 24.4 Å².